The zero-order chi connectivity index (χ0) is 12.6. The van der Waals surface area contributed by atoms with Crippen molar-refractivity contribution in [2.75, 3.05) is 0 Å². The van der Waals surface area contributed by atoms with E-state index >= 15 is 0 Å². The Hall–Kier alpha value is -1.11. The minimum absolute atomic E-state index is 0.143. The monoisotopic (exact) mass is 230 g/mol. The molecule has 0 heterocycles. The van der Waals surface area contributed by atoms with Crippen molar-refractivity contribution in [1.29, 1.82) is 0 Å². The van der Waals surface area contributed by atoms with Crippen LogP contribution in [0.1, 0.15) is 57.6 Å². The summed E-state index contributed by atoms with van der Waals surface area (Å²) >= 11 is 0. The SMILES string of the molecule is CC1CCC(=O)C1c1ccc(C(C)(C)C)cc1. The number of benzene rings is 1. The second kappa shape index (κ2) is 4.29. The summed E-state index contributed by atoms with van der Waals surface area (Å²) in [5, 5.41) is 0. The lowest BCUT2D eigenvalue weighted by Gasteiger charge is -2.21. The van der Waals surface area contributed by atoms with Gasteiger partial charge < -0.3 is 0 Å². The molecule has 0 bridgehead atoms. The van der Waals surface area contributed by atoms with Gasteiger partial charge in [-0.05, 0) is 28.9 Å². The van der Waals surface area contributed by atoms with Crippen molar-refractivity contribution in [3.8, 4) is 0 Å². The third-order valence-electron chi connectivity index (χ3n) is 3.90. The zero-order valence-corrected chi connectivity index (χ0v) is 11.3. The van der Waals surface area contributed by atoms with Gasteiger partial charge in [0, 0.05) is 12.3 Å². The first-order chi connectivity index (χ1) is 7.89. The molecular weight excluding hydrogens is 208 g/mol. The fourth-order valence-corrected chi connectivity index (χ4v) is 2.71. The molecule has 1 nitrogen and oxygen atoms in total. The highest BCUT2D eigenvalue weighted by atomic mass is 16.1. The van der Waals surface area contributed by atoms with Crippen LogP contribution in [0, 0.1) is 5.92 Å². The van der Waals surface area contributed by atoms with Crippen molar-refractivity contribution >= 4 is 5.78 Å². The number of Topliss-reactive ketones (excluding diaryl/α,β-unsaturated/α-hetero) is 1. The van der Waals surface area contributed by atoms with Crippen molar-refractivity contribution in [3.63, 3.8) is 0 Å². The van der Waals surface area contributed by atoms with E-state index in [1.165, 1.54) is 11.1 Å². The average molecular weight is 230 g/mol. The van der Waals surface area contributed by atoms with E-state index in [1.807, 2.05) is 0 Å². The zero-order valence-electron chi connectivity index (χ0n) is 11.3. The number of carbonyl (C=O) groups excluding carboxylic acids is 1. The Kier molecular flexibility index (Phi) is 3.11. The van der Waals surface area contributed by atoms with Gasteiger partial charge in [-0.1, -0.05) is 52.0 Å². The Morgan fingerprint density at radius 1 is 1.12 bits per heavy atom. The molecule has 0 aliphatic heterocycles. The molecule has 2 rings (SSSR count). The molecule has 1 heteroatoms. The van der Waals surface area contributed by atoms with Gasteiger partial charge in [-0.15, -0.1) is 0 Å². The minimum Gasteiger partial charge on any atom is -0.299 e. The van der Waals surface area contributed by atoms with Crippen molar-refractivity contribution in [3.05, 3.63) is 35.4 Å². The maximum absolute atomic E-state index is 11.9. The molecule has 1 aromatic carbocycles. The highest BCUT2D eigenvalue weighted by molar-refractivity contribution is 5.88. The molecular formula is C16H22O. The van der Waals surface area contributed by atoms with Crippen LogP contribution in [-0.4, -0.2) is 5.78 Å². The van der Waals surface area contributed by atoms with Gasteiger partial charge in [0.15, 0.2) is 0 Å². The maximum atomic E-state index is 11.9. The van der Waals surface area contributed by atoms with Crippen LogP contribution in [0.15, 0.2) is 24.3 Å². The molecule has 1 aliphatic rings. The van der Waals surface area contributed by atoms with Gasteiger partial charge in [-0.3, -0.25) is 4.79 Å². The van der Waals surface area contributed by atoms with Crippen LogP contribution in [0.2, 0.25) is 0 Å². The summed E-state index contributed by atoms with van der Waals surface area (Å²) in [6.07, 6.45) is 1.80. The maximum Gasteiger partial charge on any atom is 0.140 e. The summed E-state index contributed by atoms with van der Waals surface area (Å²) in [4.78, 5) is 11.9. The molecule has 0 radical (unpaired) electrons. The molecule has 2 atom stereocenters. The smallest absolute Gasteiger partial charge is 0.140 e. The summed E-state index contributed by atoms with van der Waals surface area (Å²) in [6, 6.07) is 8.64. The Bertz CT molecular complexity index is 408. The van der Waals surface area contributed by atoms with Gasteiger partial charge in [0.2, 0.25) is 0 Å². The standard InChI is InChI=1S/C16H22O/c1-11-5-10-14(17)15(11)12-6-8-13(9-7-12)16(2,3)4/h6-9,11,15H,5,10H2,1-4H3. The second-order valence-corrected chi connectivity index (χ2v) is 6.33. The Labute approximate surface area is 104 Å². The number of hydrogen-bond acceptors (Lipinski definition) is 1. The molecule has 1 fully saturated rings. The van der Waals surface area contributed by atoms with Gasteiger partial charge >= 0.3 is 0 Å². The van der Waals surface area contributed by atoms with E-state index in [4.69, 9.17) is 0 Å². The summed E-state index contributed by atoms with van der Waals surface area (Å²) < 4.78 is 0. The molecule has 0 spiro atoms. The first kappa shape index (κ1) is 12.3. The minimum atomic E-state index is 0.143. The first-order valence-electron chi connectivity index (χ1n) is 6.53. The van der Waals surface area contributed by atoms with E-state index in [-0.39, 0.29) is 11.3 Å². The highest BCUT2D eigenvalue weighted by Crippen LogP contribution is 2.37. The lowest BCUT2D eigenvalue weighted by Crippen LogP contribution is -2.13. The fraction of sp³-hybridized carbons (Fsp3) is 0.562. The quantitative estimate of drug-likeness (QED) is 0.711. The number of carbonyl (C=O) groups is 1. The van der Waals surface area contributed by atoms with Crippen molar-refractivity contribution in [2.24, 2.45) is 5.92 Å². The molecule has 0 saturated heterocycles. The van der Waals surface area contributed by atoms with Crippen molar-refractivity contribution < 1.29 is 4.79 Å². The molecule has 92 valence electrons. The topological polar surface area (TPSA) is 17.1 Å². The van der Waals surface area contributed by atoms with Gasteiger partial charge in [0.25, 0.3) is 0 Å². The van der Waals surface area contributed by atoms with Gasteiger partial charge in [0.05, 0.1) is 0 Å². The van der Waals surface area contributed by atoms with Crippen molar-refractivity contribution in [1.82, 2.24) is 0 Å². The van der Waals surface area contributed by atoms with E-state index in [1.54, 1.807) is 0 Å². The molecule has 0 amide bonds. The van der Waals surface area contributed by atoms with Crippen molar-refractivity contribution in [2.45, 2.75) is 51.9 Å². The van der Waals surface area contributed by atoms with E-state index in [2.05, 4.69) is 52.0 Å². The summed E-state index contributed by atoms with van der Waals surface area (Å²) in [5.41, 5.74) is 2.72. The van der Waals surface area contributed by atoms with E-state index in [0.717, 1.165) is 12.8 Å². The molecule has 1 aromatic rings. The first-order valence-corrected chi connectivity index (χ1v) is 6.53. The average Bonchev–Trinajstić information content (AvgIpc) is 2.58. The predicted octanol–water partition coefficient (Wildman–Crippen LogP) is 4.07. The van der Waals surface area contributed by atoms with Crippen LogP contribution in [0.25, 0.3) is 0 Å². The van der Waals surface area contributed by atoms with Gasteiger partial charge in [0.1, 0.15) is 5.78 Å². The lowest BCUT2D eigenvalue weighted by molar-refractivity contribution is -0.118. The molecule has 2 unspecified atom stereocenters. The van der Waals surface area contributed by atoms with E-state index in [9.17, 15) is 4.79 Å². The van der Waals surface area contributed by atoms with Crippen LogP contribution in [0.5, 0.6) is 0 Å². The molecule has 17 heavy (non-hydrogen) atoms. The largest absolute Gasteiger partial charge is 0.299 e. The Balaban J connectivity index is 2.27. The Morgan fingerprint density at radius 2 is 1.71 bits per heavy atom. The summed E-state index contributed by atoms with van der Waals surface area (Å²) in [5.74, 6) is 1.06. The molecule has 1 aliphatic carbocycles. The number of ketones is 1. The van der Waals surface area contributed by atoms with E-state index < -0.39 is 0 Å². The van der Waals surface area contributed by atoms with Crippen LogP contribution in [0.3, 0.4) is 0 Å². The van der Waals surface area contributed by atoms with Gasteiger partial charge in [-0.25, -0.2) is 0 Å². The van der Waals surface area contributed by atoms with Crippen LogP contribution in [-0.2, 0) is 10.2 Å². The van der Waals surface area contributed by atoms with Crippen LogP contribution in [0.4, 0.5) is 0 Å². The number of hydrogen-bond donors (Lipinski definition) is 0. The second-order valence-electron chi connectivity index (χ2n) is 6.33. The molecule has 0 aromatic heterocycles. The molecule has 0 N–H and O–H groups in total. The number of rotatable bonds is 1. The molecule has 1 saturated carbocycles. The summed E-state index contributed by atoms with van der Waals surface area (Å²) in [7, 11) is 0. The van der Waals surface area contributed by atoms with E-state index in [0.29, 0.717) is 11.7 Å². The van der Waals surface area contributed by atoms with Crippen LogP contribution < -0.4 is 0 Å². The summed E-state index contributed by atoms with van der Waals surface area (Å²) in [6.45, 7) is 8.83. The third-order valence-corrected chi connectivity index (χ3v) is 3.90. The fourth-order valence-electron chi connectivity index (χ4n) is 2.71. The predicted molar refractivity (Wildman–Crippen MR) is 71.3 cm³/mol. The highest BCUT2D eigenvalue weighted by Gasteiger charge is 2.32. The van der Waals surface area contributed by atoms with Crippen LogP contribution >= 0.6 is 0 Å². The third kappa shape index (κ3) is 2.43. The normalized spacial score (nSPS) is 25.3. The van der Waals surface area contributed by atoms with Gasteiger partial charge in [-0.2, -0.15) is 0 Å². The Morgan fingerprint density at radius 3 is 2.12 bits per heavy atom. The lowest BCUT2D eigenvalue weighted by atomic mass is 9.84.